The van der Waals surface area contributed by atoms with Gasteiger partial charge in [0.15, 0.2) is 16.6 Å². The van der Waals surface area contributed by atoms with Gasteiger partial charge in [-0.15, -0.1) is 0 Å². The van der Waals surface area contributed by atoms with Gasteiger partial charge in [-0.3, -0.25) is 19.4 Å². The Morgan fingerprint density at radius 1 is 0.756 bits per heavy atom. The molecular weight excluding hydrogens is 668 g/mol. The summed E-state index contributed by atoms with van der Waals surface area (Å²) in [5, 5.41) is 0.0848. The molecule has 0 aliphatic carbocycles. The van der Waals surface area contributed by atoms with E-state index in [1.54, 1.807) is 42.5 Å². The minimum Gasteiger partial charge on any atom is -0.490 e. The van der Waals surface area contributed by atoms with Crippen LogP contribution in [0.5, 0.6) is 11.5 Å². The molecule has 0 unspecified atom stereocenters. The van der Waals surface area contributed by atoms with E-state index in [1.807, 2.05) is 67.6 Å². The van der Waals surface area contributed by atoms with Crippen LogP contribution in [0, 0.1) is 0 Å². The summed E-state index contributed by atoms with van der Waals surface area (Å²) >= 11 is 12.8. The fourth-order valence-electron chi connectivity index (χ4n) is 4.35. The summed E-state index contributed by atoms with van der Waals surface area (Å²) in [5.74, 6) is -0.0284. The molecule has 1 saturated heterocycles. The van der Waals surface area contributed by atoms with E-state index in [0.717, 1.165) is 10.0 Å². The Morgan fingerprint density at radius 3 is 1.88 bits per heavy atom. The van der Waals surface area contributed by atoms with Crippen molar-refractivity contribution in [1.82, 2.24) is 0 Å². The van der Waals surface area contributed by atoms with E-state index < -0.39 is 11.8 Å². The average Bonchev–Trinajstić information content (AvgIpc) is 2.97. The molecule has 1 aliphatic heterocycles. The third kappa shape index (κ3) is 6.12. The van der Waals surface area contributed by atoms with Crippen molar-refractivity contribution in [2.24, 2.45) is 0 Å². The van der Waals surface area contributed by atoms with Crippen LogP contribution in [0.15, 0.2) is 112 Å². The number of nitrogens with zero attached hydrogens (tertiary/aromatic N) is 2. The van der Waals surface area contributed by atoms with E-state index in [4.69, 9.17) is 21.7 Å². The van der Waals surface area contributed by atoms with E-state index in [1.165, 1.54) is 9.80 Å². The number of carbonyl (C=O) groups is 2. The molecule has 1 heterocycles. The molecule has 41 heavy (non-hydrogen) atoms. The number of amides is 2. The first-order valence-corrected chi connectivity index (χ1v) is 14.8. The minimum absolute atomic E-state index is 0.0393. The van der Waals surface area contributed by atoms with Gasteiger partial charge in [0.2, 0.25) is 0 Å². The molecule has 206 valence electrons. The van der Waals surface area contributed by atoms with E-state index in [9.17, 15) is 9.59 Å². The molecule has 0 atom stereocenters. The highest BCUT2D eigenvalue weighted by molar-refractivity contribution is 9.10. The monoisotopic (exact) mass is 690 g/mol. The fourth-order valence-corrected chi connectivity index (χ4v) is 5.70. The Labute approximate surface area is 260 Å². The number of ether oxygens (including phenoxy) is 2. The van der Waals surface area contributed by atoms with E-state index >= 15 is 0 Å². The zero-order valence-electron chi connectivity index (χ0n) is 21.9. The minimum atomic E-state index is -0.512. The summed E-state index contributed by atoms with van der Waals surface area (Å²) in [6.07, 6.45) is 1.56. The summed E-state index contributed by atoms with van der Waals surface area (Å²) in [6, 6.07) is 29.4. The maximum absolute atomic E-state index is 13.8. The van der Waals surface area contributed by atoms with Gasteiger partial charge in [0, 0.05) is 10.0 Å². The average molecular weight is 692 g/mol. The number of anilines is 2. The number of thiocarbonyl (C=S) groups is 1. The molecule has 1 aliphatic rings. The molecule has 4 aromatic rings. The van der Waals surface area contributed by atoms with Crippen LogP contribution in [0.1, 0.15) is 18.1 Å². The van der Waals surface area contributed by atoms with E-state index in [0.29, 0.717) is 46.1 Å². The summed E-state index contributed by atoms with van der Waals surface area (Å²) in [7, 11) is 0. The summed E-state index contributed by atoms with van der Waals surface area (Å²) in [5.41, 5.74) is 2.65. The molecule has 0 N–H and O–H groups in total. The lowest BCUT2D eigenvalue weighted by molar-refractivity contribution is -0.120. The molecule has 2 amide bonds. The number of para-hydroxylation sites is 2. The maximum atomic E-state index is 13.8. The van der Waals surface area contributed by atoms with Crippen molar-refractivity contribution in [3.63, 3.8) is 0 Å². The smallest absolute Gasteiger partial charge is 0.270 e. The predicted octanol–water partition coefficient (Wildman–Crippen LogP) is 7.94. The van der Waals surface area contributed by atoms with Crippen molar-refractivity contribution in [3.05, 3.63) is 123 Å². The van der Waals surface area contributed by atoms with Crippen molar-refractivity contribution in [1.29, 1.82) is 0 Å². The number of halogens is 2. The first-order valence-electron chi connectivity index (χ1n) is 12.8. The zero-order chi connectivity index (χ0) is 28.9. The topological polar surface area (TPSA) is 59.1 Å². The van der Waals surface area contributed by atoms with Gasteiger partial charge in [0.1, 0.15) is 12.2 Å². The largest absolute Gasteiger partial charge is 0.490 e. The molecule has 0 bridgehead atoms. The highest BCUT2D eigenvalue weighted by Crippen LogP contribution is 2.39. The molecule has 0 aromatic heterocycles. The summed E-state index contributed by atoms with van der Waals surface area (Å²) < 4.78 is 13.6. The van der Waals surface area contributed by atoms with Crippen molar-refractivity contribution in [2.45, 2.75) is 13.5 Å². The Balaban J connectivity index is 1.56. The van der Waals surface area contributed by atoms with Crippen LogP contribution in [-0.4, -0.2) is 23.5 Å². The number of hydrogen-bond acceptors (Lipinski definition) is 5. The summed E-state index contributed by atoms with van der Waals surface area (Å²) in [4.78, 5) is 30.4. The fraction of sp³-hybridized carbons (Fsp3) is 0.0938. The Hall–Kier alpha value is -3.79. The zero-order valence-corrected chi connectivity index (χ0v) is 25.9. The lowest BCUT2D eigenvalue weighted by Crippen LogP contribution is -2.56. The molecule has 9 heteroatoms. The van der Waals surface area contributed by atoms with Crippen molar-refractivity contribution < 1.29 is 19.1 Å². The second-order valence-corrected chi connectivity index (χ2v) is 11.0. The molecule has 0 saturated carbocycles. The van der Waals surface area contributed by atoms with Crippen LogP contribution in [0.25, 0.3) is 6.08 Å². The van der Waals surface area contributed by atoms with Crippen LogP contribution >= 0.6 is 44.1 Å². The van der Waals surface area contributed by atoms with Crippen LogP contribution < -0.4 is 19.3 Å². The Morgan fingerprint density at radius 2 is 1.32 bits per heavy atom. The molecule has 0 radical (unpaired) electrons. The van der Waals surface area contributed by atoms with E-state index in [-0.39, 0.29) is 10.7 Å². The molecule has 4 aromatic carbocycles. The Bertz CT molecular complexity index is 1580. The lowest BCUT2D eigenvalue weighted by Gasteiger charge is -2.36. The summed E-state index contributed by atoms with van der Waals surface area (Å²) in [6.45, 7) is 2.59. The Kier molecular flexibility index (Phi) is 8.97. The first-order chi connectivity index (χ1) is 19.9. The second kappa shape index (κ2) is 12.8. The van der Waals surface area contributed by atoms with Gasteiger partial charge in [-0.2, -0.15) is 0 Å². The standard InChI is InChI=1S/C32H24Br2N2O4S/c1-2-39-28-19-21(18-27(34)29(28)40-20-22-11-9-10-16-26(22)33)17-25-30(37)35(23-12-5-3-6-13-23)32(41)36(31(25)38)24-14-7-4-8-15-24/h3-19H,2,20H2,1H3. The molecule has 0 spiro atoms. The van der Waals surface area contributed by atoms with Gasteiger partial charge in [0.25, 0.3) is 11.8 Å². The molecule has 6 nitrogen and oxygen atoms in total. The van der Waals surface area contributed by atoms with Gasteiger partial charge >= 0.3 is 0 Å². The van der Waals surface area contributed by atoms with Crippen LogP contribution in [-0.2, 0) is 16.2 Å². The van der Waals surface area contributed by atoms with Crippen molar-refractivity contribution in [2.75, 3.05) is 16.4 Å². The quantitative estimate of drug-likeness (QED) is 0.107. The van der Waals surface area contributed by atoms with Gasteiger partial charge in [-0.1, -0.05) is 70.5 Å². The van der Waals surface area contributed by atoms with Crippen molar-refractivity contribution >= 4 is 78.5 Å². The lowest BCUT2D eigenvalue weighted by atomic mass is 10.0. The van der Waals surface area contributed by atoms with Gasteiger partial charge in [-0.05, 0) is 89.2 Å². The molecule has 5 rings (SSSR count). The highest BCUT2D eigenvalue weighted by atomic mass is 79.9. The number of rotatable bonds is 8. The third-order valence-electron chi connectivity index (χ3n) is 6.25. The number of carbonyl (C=O) groups excluding carboxylic acids is 2. The molecule has 1 fully saturated rings. The van der Waals surface area contributed by atoms with Gasteiger partial charge in [-0.25, -0.2) is 0 Å². The third-order valence-corrected chi connectivity index (χ3v) is 7.98. The van der Waals surface area contributed by atoms with Crippen LogP contribution in [0.2, 0.25) is 0 Å². The SMILES string of the molecule is CCOc1cc(C=C2C(=O)N(c3ccccc3)C(=S)N(c3ccccc3)C2=O)cc(Br)c1OCc1ccccc1Br. The van der Waals surface area contributed by atoms with Crippen LogP contribution in [0.4, 0.5) is 11.4 Å². The maximum Gasteiger partial charge on any atom is 0.270 e. The van der Waals surface area contributed by atoms with Gasteiger partial charge in [0.05, 0.1) is 22.5 Å². The van der Waals surface area contributed by atoms with Crippen LogP contribution in [0.3, 0.4) is 0 Å². The number of benzene rings is 4. The van der Waals surface area contributed by atoms with Crippen molar-refractivity contribution in [3.8, 4) is 11.5 Å². The second-order valence-electron chi connectivity index (χ2n) is 8.94. The first kappa shape index (κ1) is 28.7. The predicted molar refractivity (Wildman–Crippen MR) is 172 cm³/mol. The molecular formula is C32H24Br2N2O4S. The highest BCUT2D eigenvalue weighted by Gasteiger charge is 2.41. The van der Waals surface area contributed by atoms with Gasteiger partial charge < -0.3 is 9.47 Å². The van der Waals surface area contributed by atoms with E-state index in [2.05, 4.69) is 31.9 Å². The number of hydrogen-bond donors (Lipinski definition) is 0. The normalized spacial score (nSPS) is 13.4.